The highest BCUT2D eigenvalue weighted by molar-refractivity contribution is 6.31. The number of carbonyl (C=O) groups is 1. The summed E-state index contributed by atoms with van der Waals surface area (Å²) in [5, 5.41) is 2.54. The van der Waals surface area contributed by atoms with Crippen molar-refractivity contribution in [3.05, 3.63) is 82.7 Å². The lowest BCUT2D eigenvalue weighted by atomic mass is 10.0. The first-order valence-electron chi connectivity index (χ1n) is 8.51. The number of hydrogen-bond acceptors (Lipinski definition) is 4. The van der Waals surface area contributed by atoms with Crippen molar-refractivity contribution in [2.24, 2.45) is 5.73 Å². The van der Waals surface area contributed by atoms with E-state index in [0.29, 0.717) is 22.6 Å². The first kappa shape index (κ1) is 21.5. The minimum absolute atomic E-state index is 0.0413. The predicted octanol–water partition coefficient (Wildman–Crippen LogP) is 4.72. The van der Waals surface area contributed by atoms with Gasteiger partial charge < -0.3 is 11.1 Å². The number of aromatic nitrogens is 2. The van der Waals surface area contributed by atoms with Gasteiger partial charge in [-0.25, -0.2) is 14.4 Å². The fourth-order valence-corrected chi connectivity index (χ4v) is 2.99. The third-order valence-electron chi connectivity index (χ3n) is 4.12. The number of rotatable bonds is 6. The van der Waals surface area contributed by atoms with Gasteiger partial charge in [0.25, 0.3) is 0 Å². The standard InChI is InChI=1S/C20H14ClF4N4O/c21-16-7-12(2-4-15(16)20(23,24)25)17-9-18(29-10-28-17)27-6-5-11-1-3-13(22)8-14(11)19(26)30/h1-5,7-10H,6H2,(H2,26,30)(H,27,28,29). The molecule has 0 aliphatic rings. The molecule has 1 heterocycles. The van der Waals surface area contributed by atoms with E-state index in [9.17, 15) is 22.4 Å². The van der Waals surface area contributed by atoms with Gasteiger partial charge in [0, 0.05) is 30.2 Å². The summed E-state index contributed by atoms with van der Waals surface area (Å²) < 4.78 is 51.9. The molecule has 30 heavy (non-hydrogen) atoms. The summed E-state index contributed by atoms with van der Waals surface area (Å²) in [5.74, 6) is -0.955. The number of anilines is 1. The van der Waals surface area contributed by atoms with Crippen LogP contribution in [0.4, 0.5) is 23.4 Å². The second-order valence-electron chi connectivity index (χ2n) is 6.16. The summed E-state index contributed by atoms with van der Waals surface area (Å²) in [6.45, 7) is 0.218. The molecule has 5 nitrogen and oxygen atoms in total. The SMILES string of the molecule is NC(=O)c1cc(F)ccc1[CH]CNc1cc(-c2ccc(C(F)(F)F)c(Cl)c2)ncn1. The van der Waals surface area contributed by atoms with Crippen molar-refractivity contribution in [3.63, 3.8) is 0 Å². The summed E-state index contributed by atoms with van der Waals surface area (Å²) in [5.41, 5.74) is 5.56. The molecule has 0 bridgehead atoms. The van der Waals surface area contributed by atoms with Crippen LogP contribution in [-0.4, -0.2) is 22.4 Å². The molecule has 0 atom stereocenters. The number of amides is 1. The third-order valence-corrected chi connectivity index (χ3v) is 4.44. The quantitative estimate of drug-likeness (QED) is 0.547. The van der Waals surface area contributed by atoms with E-state index in [2.05, 4.69) is 15.3 Å². The molecule has 1 aromatic heterocycles. The van der Waals surface area contributed by atoms with E-state index >= 15 is 0 Å². The molecule has 3 rings (SSSR count). The second-order valence-corrected chi connectivity index (χ2v) is 6.57. The monoisotopic (exact) mass is 437 g/mol. The van der Waals surface area contributed by atoms with Gasteiger partial charge in [-0.3, -0.25) is 4.79 Å². The molecular weight excluding hydrogens is 424 g/mol. The van der Waals surface area contributed by atoms with E-state index in [4.69, 9.17) is 17.3 Å². The zero-order chi connectivity index (χ0) is 21.9. The molecule has 0 saturated heterocycles. The Balaban J connectivity index is 1.73. The van der Waals surface area contributed by atoms with Crippen LogP contribution in [0.5, 0.6) is 0 Å². The van der Waals surface area contributed by atoms with Crippen molar-refractivity contribution in [1.82, 2.24) is 9.97 Å². The Morgan fingerprint density at radius 1 is 1.13 bits per heavy atom. The lowest BCUT2D eigenvalue weighted by Gasteiger charge is -2.11. The van der Waals surface area contributed by atoms with E-state index in [-0.39, 0.29) is 12.1 Å². The van der Waals surface area contributed by atoms with Gasteiger partial charge in [0.05, 0.1) is 16.3 Å². The number of primary amides is 1. The molecule has 0 fully saturated rings. The number of alkyl halides is 3. The zero-order valence-corrected chi connectivity index (χ0v) is 15.9. The topological polar surface area (TPSA) is 80.9 Å². The molecular formula is C20H14ClF4N4O. The van der Waals surface area contributed by atoms with E-state index in [1.807, 2.05) is 0 Å². The maximum atomic E-state index is 13.3. The van der Waals surface area contributed by atoms with E-state index in [1.165, 1.54) is 36.7 Å². The number of nitrogens with one attached hydrogen (secondary N) is 1. The first-order valence-corrected chi connectivity index (χ1v) is 8.88. The van der Waals surface area contributed by atoms with Gasteiger partial charge in [-0.05, 0) is 29.8 Å². The number of hydrogen-bond donors (Lipinski definition) is 2. The van der Waals surface area contributed by atoms with Crippen LogP contribution in [0.1, 0.15) is 21.5 Å². The van der Waals surface area contributed by atoms with E-state index in [0.717, 1.165) is 12.1 Å². The van der Waals surface area contributed by atoms with Crippen LogP contribution < -0.4 is 11.1 Å². The summed E-state index contributed by atoms with van der Waals surface area (Å²) in [6.07, 6.45) is -1.68. The fourth-order valence-electron chi connectivity index (χ4n) is 2.70. The molecule has 1 radical (unpaired) electrons. The largest absolute Gasteiger partial charge is 0.417 e. The van der Waals surface area contributed by atoms with Gasteiger partial charge in [-0.2, -0.15) is 13.2 Å². The third kappa shape index (κ3) is 5.04. The average Bonchev–Trinajstić information content (AvgIpc) is 2.68. The Morgan fingerprint density at radius 3 is 2.57 bits per heavy atom. The minimum Gasteiger partial charge on any atom is -0.369 e. The van der Waals surface area contributed by atoms with Crippen LogP contribution >= 0.6 is 11.6 Å². The predicted molar refractivity (Wildman–Crippen MR) is 104 cm³/mol. The molecule has 2 aromatic carbocycles. The Hall–Kier alpha value is -3.20. The van der Waals surface area contributed by atoms with Gasteiger partial charge in [0.1, 0.15) is 18.0 Å². The van der Waals surface area contributed by atoms with Crippen LogP contribution in [-0.2, 0) is 6.18 Å². The van der Waals surface area contributed by atoms with Crippen molar-refractivity contribution in [2.45, 2.75) is 6.18 Å². The maximum absolute atomic E-state index is 13.3. The minimum atomic E-state index is -4.55. The Kier molecular flexibility index (Phi) is 6.21. The van der Waals surface area contributed by atoms with Crippen LogP contribution in [0.2, 0.25) is 5.02 Å². The van der Waals surface area contributed by atoms with E-state index < -0.39 is 28.5 Å². The smallest absolute Gasteiger partial charge is 0.369 e. The normalized spacial score (nSPS) is 11.4. The number of nitrogens with zero attached hydrogens (tertiary/aromatic N) is 2. The molecule has 10 heteroatoms. The number of halogens is 5. The highest BCUT2D eigenvalue weighted by Crippen LogP contribution is 2.36. The highest BCUT2D eigenvalue weighted by Gasteiger charge is 2.33. The van der Waals surface area contributed by atoms with Crippen LogP contribution in [0, 0.1) is 12.2 Å². The highest BCUT2D eigenvalue weighted by atomic mass is 35.5. The van der Waals surface area contributed by atoms with Crippen molar-refractivity contribution >= 4 is 23.3 Å². The number of carbonyl (C=O) groups excluding carboxylic acids is 1. The zero-order valence-electron chi connectivity index (χ0n) is 15.2. The van der Waals surface area contributed by atoms with Crippen LogP contribution in [0.3, 0.4) is 0 Å². The molecule has 0 aliphatic heterocycles. The van der Waals surface area contributed by atoms with Gasteiger partial charge in [0.15, 0.2) is 0 Å². The van der Waals surface area contributed by atoms with Crippen molar-refractivity contribution in [3.8, 4) is 11.3 Å². The first-order chi connectivity index (χ1) is 14.1. The van der Waals surface area contributed by atoms with Gasteiger partial charge in [0.2, 0.25) is 5.91 Å². The molecule has 0 unspecified atom stereocenters. The lowest BCUT2D eigenvalue weighted by Crippen LogP contribution is -2.15. The Morgan fingerprint density at radius 2 is 1.90 bits per heavy atom. The Bertz CT molecular complexity index is 1090. The number of benzene rings is 2. The van der Waals surface area contributed by atoms with Crippen LogP contribution in [0.25, 0.3) is 11.3 Å². The summed E-state index contributed by atoms with van der Waals surface area (Å²) in [4.78, 5) is 19.5. The molecule has 0 spiro atoms. The van der Waals surface area contributed by atoms with Gasteiger partial charge in [-0.1, -0.05) is 23.7 Å². The average molecular weight is 438 g/mol. The van der Waals surface area contributed by atoms with Gasteiger partial charge >= 0.3 is 6.18 Å². The lowest BCUT2D eigenvalue weighted by molar-refractivity contribution is -0.137. The molecule has 3 N–H and O–H groups in total. The molecule has 1 amide bonds. The summed E-state index contributed by atoms with van der Waals surface area (Å²) >= 11 is 5.76. The molecule has 155 valence electrons. The Labute approximate surface area is 173 Å². The van der Waals surface area contributed by atoms with Crippen molar-refractivity contribution in [1.29, 1.82) is 0 Å². The van der Waals surface area contributed by atoms with Gasteiger partial charge in [-0.15, -0.1) is 0 Å². The molecule has 3 aromatic rings. The molecule has 0 aliphatic carbocycles. The summed E-state index contributed by atoms with van der Waals surface area (Å²) in [7, 11) is 0. The second kappa shape index (κ2) is 8.66. The van der Waals surface area contributed by atoms with Crippen molar-refractivity contribution < 1.29 is 22.4 Å². The van der Waals surface area contributed by atoms with Crippen molar-refractivity contribution in [2.75, 3.05) is 11.9 Å². The maximum Gasteiger partial charge on any atom is 0.417 e. The van der Waals surface area contributed by atoms with E-state index in [1.54, 1.807) is 6.42 Å². The van der Waals surface area contributed by atoms with Crippen LogP contribution in [0.15, 0.2) is 48.8 Å². The number of nitrogens with two attached hydrogens (primary N) is 1. The fraction of sp³-hybridized carbons (Fsp3) is 0.100. The summed E-state index contributed by atoms with van der Waals surface area (Å²) in [6, 6.07) is 8.55. The molecule has 0 saturated carbocycles.